The van der Waals surface area contributed by atoms with Crippen LogP contribution in [-0.2, 0) is 0 Å². The summed E-state index contributed by atoms with van der Waals surface area (Å²) in [5, 5.41) is 2.66. The minimum atomic E-state index is 0.191. The molecular weight excluding hydrogens is 268 g/mol. The molecule has 3 atom stereocenters. The molecule has 2 aliphatic rings. The number of halogens is 1. The maximum absolute atomic E-state index is 6.74. The number of ether oxygens (including phenoxy) is 1. The molecule has 1 nitrogen and oxygen atoms in total. The van der Waals surface area contributed by atoms with Gasteiger partial charge in [0.15, 0.2) is 0 Å². The lowest BCUT2D eigenvalue weighted by atomic mass is 9.99. The number of fused-ring (bicyclic) bond motifs is 2. The number of benzene rings is 2. The molecule has 2 aromatic carbocycles. The van der Waals surface area contributed by atoms with Crippen LogP contribution in [0.3, 0.4) is 0 Å². The van der Waals surface area contributed by atoms with Crippen molar-refractivity contribution in [2.24, 2.45) is 17.8 Å². The highest BCUT2D eigenvalue weighted by Crippen LogP contribution is 2.63. The van der Waals surface area contributed by atoms with Crippen LogP contribution < -0.4 is 4.74 Å². The van der Waals surface area contributed by atoms with Gasteiger partial charge in [-0.3, -0.25) is 0 Å². The highest BCUT2D eigenvalue weighted by Gasteiger charge is 2.55. The Morgan fingerprint density at radius 1 is 1.05 bits per heavy atom. The molecule has 0 saturated heterocycles. The van der Waals surface area contributed by atoms with Gasteiger partial charge >= 0.3 is 0 Å². The summed E-state index contributed by atoms with van der Waals surface area (Å²) in [7, 11) is 1.70. The second kappa shape index (κ2) is 4.66. The van der Waals surface area contributed by atoms with Gasteiger partial charge in [-0.15, -0.1) is 11.6 Å². The Morgan fingerprint density at radius 3 is 2.50 bits per heavy atom. The highest BCUT2D eigenvalue weighted by atomic mass is 35.5. The lowest BCUT2D eigenvalue weighted by molar-refractivity contribution is 0.415. The van der Waals surface area contributed by atoms with Crippen LogP contribution in [0.25, 0.3) is 10.8 Å². The minimum Gasteiger partial charge on any atom is -0.497 e. The van der Waals surface area contributed by atoms with Crippen molar-refractivity contribution >= 4 is 22.4 Å². The topological polar surface area (TPSA) is 9.23 Å². The van der Waals surface area contributed by atoms with Crippen molar-refractivity contribution in [3.63, 3.8) is 0 Å². The Kier molecular flexibility index (Phi) is 2.92. The first-order valence-electron chi connectivity index (χ1n) is 7.50. The third-order valence-corrected chi connectivity index (χ3v) is 5.74. The Hall–Kier alpha value is -1.21. The first kappa shape index (κ1) is 12.5. The summed E-state index contributed by atoms with van der Waals surface area (Å²) in [6, 6.07) is 12.8. The van der Waals surface area contributed by atoms with E-state index in [1.165, 1.54) is 35.6 Å². The molecule has 20 heavy (non-hydrogen) atoms. The third kappa shape index (κ3) is 1.91. The van der Waals surface area contributed by atoms with Crippen LogP contribution in [0.1, 0.15) is 30.2 Å². The largest absolute Gasteiger partial charge is 0.497 e. The normalized spacial score (nSPS) is 29.2. The Bertz CT molecular complexity index is 641. The van der Waals surface area contributed by atoms with E-state index in [9.17, 15) is 0 Å². The molecule has 0 amide bonds. The lowest BCUT2D eigenvalue weighted by Crippen LogP contribution is -1.98. The third-order valence-electron chi connectivity index (χ3n) is 5.20. The van der Waals surface area contributed by atoms with Crippen molar-refractivity contribution in [2.45, 2.75) is 24.6 Å². The van der Waals surface area contributed by atoms with E-state index >= 15 is 0 Å². The average molecular weight is 287 g/mol. The lowest BCUT2D eigenvalue weighted by Gasteiger charge is -2.13. The van der Waals surface area contributed by atoms with Gasteiger partial charge < -0.3 is 4.74 Å². The van der Waals surface area contributed by atoms with Crippen molar-refractivity contribution in [2.75, 3.05) is 7.11 Å². The van der Waals surface area contributed by atoms with Crippen LogP contribution in [-0.4, -0.2) is 7.11 Å². The second-order valence-corrected chi connectivity index (χ2v) is 6.68. The van der Waals surface area contributed by atoms with Crippen LogP contribution in [0.2, 0.25) is 0 Å². The van der Waals surface area contributed by atoms with E-state index in [1.54, 1.807) is 7.11 Å². The Balaban J connectivity index is 1.64. The van der Waals surface area contributed by atoms with Gasteiger partial charge in [-0.25, -0.2) is 0 Å². The van der Waals surface area contributed by atoms with E-state index < -0.39 is 0 Å². The predicted octanol–water partition coefficient (Wildman–Crippen LogP) is 5.17. The van der Waals surface area contributed by atoms with Gasteiger partial charge in [0.2, 0.25) is 0 Å². The number of alkyl halides is 1. The summed E-state index contributed by atoms with van der Waals surface area (Å²) in [6.45, 7) is 0. The number of rotatable bonds is 3. The van der Waals surface area contributed by atoms with Crippen LogP contribution in [0.15, 0.2) is 36.4 Å². The standard InChI is InChI=1S/C18H19ClO/c1-20-14-8-7-11-9-13(6-5-12(11)10-14)18(19)17-15-3-2-4-16(15)17/h5-10,15-18H,2-4H2,1H3. The van der Waals surface area contributed by atoms with E-state index in [-0.39, 0.29) is 5.38 Å². The first-order chi connectivity index (χ1) is 9.78. The molecule has 0 N–H and O–H groups in total. The zero-order valence-corrected chi connectivity index (χ0v) is 12.4. The van der Waals surface area contributed by atoms with E-state index in [0.717, 1.165) is 23.5 Å². The molecule has 2 aliphatic carbocycles. The van der Waals surface area contributed by atoms with Crippen LogP contribution in [0.5, 0.6) is 5.75 Å². The summed E-state index contributed by atoms with van der Waals surface area (Å²) >= 11 is 6.74. The Morgan fingerprint density at radius 2 is 1.75 bits per heavy atom. The maximum atomic E-state index is 6.74. The summed E-state index contributed by atoms with van der Waals surface area (Å²) in [4.78, 5) is 0. The summed E-state index contributed by atoms with van der Waals surface area (Å²) < 4.78 is 5.27. The van der Waals surface area contributed by atoms with Crippen LogP contribution in [0.4, 0.5) is 0 Å². The summed E-state index contributed by atoms with van der Waals surface area (Å²) in [5.41, 5.74) is 1.28. The van der Waals surface area contributed by atoms with Gasteiger partial charge in [-0.1, -0.05) is 24.6 Å². The fraction of sp³-hybridized carbons (Fsp3) is 0.444. The molecule has 0 aliphatic heterocycles. The number of hydrogen-bond donors (Lipinski definition) is 0. The van der Waals surface area contributed by atoms with E-state index in [0.29, 0.717) is 0 Å². The molecular formula is C18H19ClO. The fourth-order valence-corrected chi connectivity index (χ4v) is 4.58. The van der Waals surface area contributed by atoms with Crippen molar-refractivity contribution in [1.29, 1.82) is 0 Å². The molecule has 0 aromatic heterocycles. The fourth-order valence-electron chi connectivity index (χ4n) is 4.07. The average Bonchev–Trinajstić information content (AvgIpc) is 2.97. The summed E-state index contributed by atoms with van der Waals surface area (Å²) in [5.74, 6) is 3.44. The maximum Gasteiger partial charge on any atom is 0.119 e. The zero-order valence-electron chi connectivity index (χ0n) is 11.7. The second-order valence-electron chi connectivity index (χ2n) is 6.21. The molecule has 0 spiro atoms. The molecule has 104 valence electrons. The van der Waals surface area contributed by atoms with Gasteiger partial charge in [-0.2, -0.15) is 0 Å². The summed E-state index contributed by atoms with van der Waals surface area (Å²) in [6.07, 6.45) is 4.19. The molecule has 0 bridgehead atoms. The van der Waals surface area contributed by atoms with Crippen LogP contribution >= 0.6 is 11.6 Å². The van der Waals surface area contributed by atoms with E-state index in [2.05, 4.69) is 30.3 Å². The van der Waals surface area contributed by atoms with E-state index in [1.807, 2.05) is 6.07 Å². The van der Waals surface area contributed by atoms with Crippen molar-refractivity contribution in [3.05, 3.63) is 42.0 Å². The first-order valence-corrected chi connectivity index (χ1v) is 7.93. The molecule has 2 fully saturated rings. The molecule has 4 rings (SSSR count). The van der Waals surface area contributed by atoms with Gasteiger partial charge in [0.05, 0.1) is 12.5 Å². The van der Waals surface area contributed by atoms with Crippen LogP contribution in [0, 0.1) is 17.8 Å². The highest BCUT2D eigenvalue weighted by molar-refractivity contribution is 6.21. The minimum absolute atomic E-state index is 0.191. The number of methoxy groups -OCH3 is 1. The number of hydrogen-bond acceptors (Lipinski definition) is 1. The van der Waals surface area contributed by atoms with Gasteiger partial charge in [0.1, 0.15) is 5.75 Å². The molecule has 2 aromatic rings. The van der Waals surface area contributed by atoms with Crippen molar-refractivity contribution in [3.8, 4) is 5.75 Å². The smallest absolute Gasteiger partial charge is 0.119 e. The van der Waals surface area contributed by atoms with Gasteiger partial charge in [-0.05, 0) is 65.1 Å². The van der Waals surface area contributed by atoms with E-state index in [4.69, 9.17) is 16.3 Å². The quantitative estimate of drug-likeness (QED) is 0.707. The molecule has 2 saturated carbocycles. The predicted molar refractivity (Wildman–Crippen MR) is 83.4 cm³/mol. The molecule has 3 unspecified atom stereocenters. The monoisotopic (exact) mass is 286 g/mol. The van der Waals surface area contributed by atoms with Gasteiger partial charge in [0.25, 0.3) is 0 Å². The Labute approximate surface area is 124 Å². The van der Waals surface area contributed by atoms with Gasteiger partial charge in [0, 0.05) is 0 Å². The molecule has 0 radical (unpaired) electrons. The van der Waals surface area contributed by atoms with Crippen molar-refractivity contribution < 1.29 is 4.74 Å². The molecule has 0 heterocycles. The SMILES string of the molecule is COc1ccc2cc(C(Cl)C3C4CCCC43)ccc2c1. The zero-order chi connectivity index (χ0) is 13.7. The van der Waals surface area contributed by atoms with Crippen molar-refractivity contribution in [1.82, 2.24) is 0 Å². The molecule has 2 heteroatoms.